The Hall–Kier alpha value is -1.66. The molecule has 0 saturated heterocycles. The molecule has 0 aliphatic rings. The fraction of sp³-hybridized carbons (Fsp3) is 0.462. The first-order chi connectivity index (χ1) is 9.01. The standard InChI is InChI=1S/C13H18FNO4/c1-18-7-9-10(14)4-3-8(13(9)19-2)11(15)5-6-12(16)17/h3-4,11H,5-7,15H2,1-2H3,(H,16,17). The first-order valence-electron chi connectivity index (χ1n) is 5.82. The predicted molar refractivity (Wildman–Crippen MR) is 67.5 cm³/mol. The van der Waals surface area contributed by atoms with Crippen molar-refractivity contribution in [3.05, 3.63) is 29.1 Å². The number of aliphatic carboxylic acids is 1. The van der Waals surface area contributed by atoms with Crippen LogP contribution in [0.15, 0.2) is 12.1 Å². The second kappa shape index (κ2) is 7.06. The van der Waals surface area contributed by atoms with Crippen molar-refractivity contribution in [3.63, 3.8) is 0 Å². The van der Waals surface area contributed by atoms with Crippen LogP contribution in [0, 0.1) is 5.82 Å². The molecule has 0 saturated carbocycles. The highest BCUT2D eigenvalue weighted by atomic mass is 19.1. The molecular weight excluding hydrogens is 253 g/mol. The van der Waals surface area contributed by atoms with Crippen LogP contribution < -0.4 is 10.5 Å². The van der Waals surface area contributed by atoms with E-state index >= 15 is 0 Å². The second-order valence-corrected chi connectivity index (χ2v) is 4.12. The van der Waals surface area contributed by atoms with Gasteiger partial charge in [-0.3, -0.25) is 4.79 Å². The fourth-order valence-corrected chi connectivity index (χ4v) is 1.87. The summed E-state index contributed by atoms with van der Waals surface area (Å²) in [6.07, 6.45) is 0.199. The lowest BCUT2D eigenvalue weighted by atomic mass is 9.99. The van der Waals surface area contributed by atoms with Crippen LogP contribution in [0.1, 0.15) is 30.0 Å². The summed E-state index contributed by atoms with van der Waals surface area (Å²) in [4.78, 5) is 10.5. The van der Waals surface area contributed by atoms with Gasteiger partial charge in [-0.05, 0) is 12.5 Å². The summed E-state index contributed by atoms with van der Waals surface area (Å²) >= 11 is 0. The van der Waals surface area contributed by atoms with E-state index in [1.807, 2.05) is 0 Å². The number of hydrogen-bond donors (Lipinski definition) is 2. The van der Waals surface area contributed by atoms with Gasteiger partial charge in [-0.25, -0.2) is 4.39 Å². The first-order valence-corrected chi connectivity index (χ1v) is 5.82. The van der Waals surface area contributed by atoms with Crippen LogP contribution in [0.25, 0.3) is 0 Å². The maximum Gasteiger partial charge on any atom is 0.303 e. The zero-order chi connectivity index (χ0) is 14.4. The number of carboxylic acid groups (broad SMARTS) is 1. The minimum Gasteiger partial charge on any atom is -0.496 e. The molecule has 0 aromatic heterocycles. The molecule has 1 atom stereocenters. The molecule has 6 heteroatoms. The van der Waals surface area contributed by atoms with Gasteiger partial charge < -0.3 is 20.3 Å². The summed E-state index contributed by atoms with van der Waals surface area (Å²) < 4.78 is 23.8. The molecule has 0 amide bonds. The zero-order valence-corrected chi connectivity index (χ0v) is 11.0. The van der Waals surface area contributed by atoms with E-state index in [4.69, 9.17) is 20.3 Å². The number of rotatable bonds is 7. The van der Waals surface area contributed by atoms with E-state index in [1.165, 1.54) is 26.4 Å². The Balaban J connectivity index is 3.05. The maximum absolute atomic E-state index is 13.7. The van der Waals surface area contributed by atoms with Gasteiger partial charge in [-0.2, -0.15) is 0 Å². The van der Waals surface area contributed by atoms with Crippen LogP contribution in [0.4, 0.5) is 4.39 Å². The van der Waals surface area contributed by atoms with Crippen molar-refractivity contribution >= 4 is 5.97 Å². The van der Waals surface area contributed by atoms with Crippen molar-refractivity contribution in [3.8, 4) is 5.75 Å². The van der Waals surface area contributed by atoms with Crippen molar-refractivity contribution in [2.45, 2.75) is 25.5 Å². The van der Waals surface area contributed by atoms with Crippen LogP contribution >= 0.6 is 0 Å². The molecule has 0 fully saturated rings. The van der Waals surface area contributed by atoms with Gasteiger partial charge in [0, 0.05) is 25.1 Å². The number of carbonyl (C=O) groups is 1. The van der Waals surface area contributed by atoms with Crippen molar-refractivity contribution in [2.75, 3.05) is 14.2 Å². The van der Waals surface area contributed by atoms with E-state index in [2.05, 4.69) is 0 Å². The van der Waals surface area contributed by atoms with Gasteiger partial charge in [-0.1, -0.05) is 6.07 Å². The minimum atomic E-state index is -0.923. The number of carboxylic acids is 1. The van der Waals surface area contributed by atoms with Crippen molar-refractivity contribution in [2.24, 2.45) is 5.73 Å². The first kappa shape index (κ1) is 15.4. The van der Waals surface area contributed by atoms with Gasteiger partial charge in [0.05, 0.1) is 19.3 Å². The SMILES string of the molecule is COCc1c(F)ccc(C(N)CCC(=O)O)c1OC. The van der Waals surface area contributed by atoms with Crippen LogP contribution in [0.3, 0.4) is 0 Å². The summed E-state index contributed by atoms with van der Waals surface area (Å²) in [6.45, 7) is 0.0640. The molecular formula is C13H18FNO4. The fourth-order valence-electron chi connectivity index (χ4n) is 1.87. The van der Waals surface area contributed by atoms with Crippen molar-refractivity contribution in [1.82, 2.24) is 0 Å². The number of methoxy groups -OCH3 is 2. The van der Waals surface area contributed by atoms with Gasteiger partial charge >= 0.3 is 5.97 Å². The monoisotopic (exact) mass is 271 g/mol. The molecule has 0 heterocycles. The zero-order valence-electron chi connectivity index (χ0n) is 11.0. The van der Waals surface area contributed by atoms with Crippen molar-refractivity contribution in [1.29, 1.82) is 0 Å². The molecule has 0 radical (unpaired) electrons. The highest BCUT2D eigenvalue weighted by Gasteiger charge is 2.19. The Labute approximate surface area is 111 Å². The molecule has 1 aromatic rings. The molecule has 0 aliphatic heterocycles. The van der Waals surface area contributed by atoms with Crippen LogP contribution in [0.2, 0.25) is 0 Å². The number of nitrogens with two attached hydrogens (primary N) is 1. The van der Waals surface area contributed by atoms with Crippen LogP contribution in [0.5, 0.6) is 5.75 Å². The largest absolute Gasteiger partial charge is 0.496 e. The average Bonchev–Trinajstić information content (AvgIpc) is 2.38. The third kappa shape index (κ3) is 3.90. The van der Waals surface area contributed by atoms with E-state index in [9.17, 15) is 9.18 Å². The lowest BCUT2D eigenvalue weighted by Gasteiger charge is -2.18. The summed E-state index contributed by atoms with van der Waals surface area (Å²) in [7, 11) is 2.87. The summed E-state index contributed by atoms with van der Waals surface area (Å²) in [5, 5.41) is 8.65. The normalized spacial score (nSPS) is 12.2. The third-order valence-corrected chi connectivity index (χ3v) is 2.80. The van der Waals surface area contributed by atoms with Gasteiger partial charge in [0.25, 0.3) is 0 Å². The van der Waals surface area contributed by atoms with E-state index in [0.717, 1.165) is 0 Å². The quantitative estimate of drug-likeness (QED) is 0.790. The van der Waals surface area contributed by atoms with E-state index < -0.39 is 17.8 Å². The molecule has 106 valence electrons. The van der Waals surface area contributed by atoms with Gasteiger partial charge in [0.15, 0.2) is 0 Å². The Kier molecular flexibility index (Phi) is 5.72. The minimum absolute atomic E-state index is 0.0543. The Morgan fingerprint density at radius 3 is 2.68 bits per heavy atom. The molecule has 1 aromatic carbocycles. The molecule has 1 rings (SSSR count). The lowest BCUT2D eigenvalue weighted by Crippen LogP contribution is -2.15. The number of benzene rings is 1. The molecule has 0 aliphatic carbocycles. The lowest BCUT2D eigenvalue weighted by molar-refractivity contribution is -0.137. The number of hydrogen-bond acceptors (Lipinski definition) is 4. The van der Waals surface area contributed by atoms with E-state index in [-0.39, 0.29) is 25.0 Å². The molecule has 0 spiro atoms. The third-order valence-electron chi connectivity index (χ3n) is 2.80. The Morgan fingerprint density at radius 1 is 1.47 bits per heavy atom. The number of halogens is 1. The molecule has 1 unspecified atom stereocenters. The smallest absolute Gasteiger partial charge is 0.303 e. The van der Waals surface area contributed by atoms with Gasteiger partial charge in [0.2, 0.25) is 0 Å². The van der Waals surface area contributed by atoms with Gasteiger partial charge in [-0.15, -0.1) is 0 Å². The molecule has 0 bridgehead atoms. The highest BCUT2D eigenvalue weighted by molar-refractivity contribution is 5.66. The second-order valence-electron chi connectivity index (χ2n) is 4.12. The molecule has 3 N–H and O–H groups in total. The summed E-state index contributed by atoms with van der Waals surface area (Å²) in [5.74, 6) is -1.04. The predicted octanol–water partition coefficient (Wildman–Crippen LogP) is 1.85. The van der Waals surface area contributed by atoms with Crippen molar-refractivity contribution < 1.29 is 23.8 Å². The summed E-state index contributed by atoms with van der Waals surface area (Å²) in [5.41, 5.74) is 6.79. The van der Waals surface area contributed by atoms with Gasteiger partial charge in [0.1, 0.15) is 11.6 Å². The average molecular weight is 271 g/mol. The van der Waals surface area contributed by atoms with E-state index in [0.29, 0.717) is 11.3 Å². The summed E-state index contributed by atoms with van der Waals surface area (Å²) in [6, 6.07) is 2.27. The van der Waals surface area contributed by atoms with Crippen LogP contribution in [-0.4, -0.2) is 25.3 Å². The number of ether oxygens (including phenoxy) is 2. The van der Waals surface area contributed by atoms with E-state index in [1.54, 1.807) is 0 Å². The maximum atomic E-state index is 13.7. The Morgan fingerprint density at radius 2 is 2.16 bits per heavy atom. The molecule has 5 nitrogen and oxygen atoms in total. The Bertz CT molecular complexity index is 451. The van der Waals surface area contributed by atoms with Crippen LogP contribution in [-0.2, 0) is 16.1 Å². The highest BCUT2D eigenvalue weighted by Crippen LogP contribution is 2.32. The topological polar surface area (TPSA) is 81.8 Å². The molecule has 19 heavy (non-hydrogen) atoms.